The molecule has 4 nitrogen and oxygen atoms in total. The fraction of sp³-hybridized carbons (Fsp3) is 0.400. The van der Waals surface area contributed by atoms with E-state index < -0.39 is 26.0 Å². The molecule has 0 atom stereocenters. The summed E-state index contributed by atoms with van der Waals surface area (Å²) in [4.78, 5) is 4.79. The summed E-state index contributed by atoms with van der Waals surface area (Å²) in [6.45, 7) is -11.1. The minimum absolute atomic E-state index is 0.118. The first-order valence-corrected chi connectivity index (χ1v) is 9.41. The molecular weight excluding hydrogens is 366 g/mol. The summed E-state index contributed by atoms with van der Waals surface area (Å²) in [5, 5.41) is 10.5. The average molecular weight is 398 g/mol. The number of likely N-dealkylation sites (N-methyl/N-ethyl adjacent to an activating group) is 1. The monoisotopic (exact) mass is 397 g/mol. The lowest BCUT2D eigenvalue weighted by atomic mass is 10.2. The molecule has 0 radical (unpaired) electrons. The van der Waals surface area contributed by atoms with Gasteiger partial charge in [-0.25, -0.2) is 0 Å². The van der Waals surface area contributed by atoms with Crippen LogP contribution in [0.3, 0.4) is 0 Å². The number of aromatic hydroxyl groups is 1. The summed E-state index contributed by atoms with van der Waals surface area (Å²) in [5.41, 5.74) is 1.61. The van der Waals surface area contributed by atoms with Gasteiger partial charge in [0.1, 0.15) is 5.75 Å². The number of rotatable bonds is 4. The van der Waals surface area contributed by atoms with Crippen LogP contribution in [-0.2, 0) is 0 Å². The highest BCUT2D eigenvalue weighted by molar-refractivity contribution is 7.99. The van der Waals surface area contributed by atoms with E-state index in [0.29, 0.717) is 21.4 Å². The molecule has 0 unspecified atom stereocenters. The number of halogens is 1. The fourth-order valence-corrected chi connectivity index (χ4v) is 4.19. The fourth-order valence-electron chi connectivity index (χ4n) is 2.91. The Balaban J connectivity index is 1.64. The maximum Gasteiger partial charge on any atom is 0.116 e. The first-order valence-electron chi connectivity index (χ1n) is 12.2. The van der Waals surface area contributed by atoms with Gasteiger partial charge in [0.2, 0.25) is 0 Å². The number of phenolic OH excluding ortho intramolecular Hbond substituents is 1. The number of nitrogens with zero attached hydrogens (tertiary/aromatic N) is 3. The molecule has 6 heteroatoms. The van der Waals surface area contributed by atoms with E-state index in [-0.39, 0.29) is 18.7 Å². The molecule has 1 N–H and O–H groups in total. The van der Waals surface area contributed by atoms with Crippen LogP contribution in [0.2, 0.25) is 5.02 Å². The number of benzene rings is 2. The zero-order valence-electron chi connectivity index (χ0n) is 22.2. The normalized spacial score (nSPS) is 30.2. The van der Waals surface area contributed by atoms with E-state index in [0.717, 1.165) is 28.2 Å². The minimum atomic E-state index is -2.79. The van der Waals surface area contributed by atoms with Gasteiger partial charge in [-0.2, -0.15) is 0 Å². The zero-order chi connectivity index (χ0) is 25.3. The van der Waals surface area contributed by atoms with E-state index in [1.807, 2.05) is 11.0 Å². The van der Waals surface area contributed by atoms with E-state index in [4.69, 9.17) is 22.6 Å². The Hall–Kier alpha value is -1.40. The third kappa shape index (κ3) is 3.81. The second-order valence-electron chi connectivity index (χ2n) is 6.03. The van der Waals surface area contributed by atoms with Gasteiger partial charge < -0.3 is 19.8 Å². The Morgan fingerprint density at radius 3 is 2.65 bits per heavy atom. The zero-order valence-corrected chi connectivity index (χ0v) is 15.7. The van der Waals surface area contributed by atoms with Crippen LogP contribution in [-0.4, -0.2) is 61.0 Å². The van der Waals surface area contributed by atoms with Crippen LogP contribution in [0.15, 0.2) is 46.2 Å². The van der Waals surface area contributed by atoms with Gasteiger partial charge in [0.05, 0.1) is 11.4 Å². The summed E-state index contributed by atoms with van der Waals surface area (Å²) >= 11 is 7.70. The van der Waals surface area contributed by atoms with Crippen LogP contribution >= 0.6 is 23.4 Å². The predicted molar refractivity (Wildman–Crippen MR) is 109 cm³/mol. The van der Waals surface area contributed by atoms with Gasteiger partial charge >= 0.3 is 0 Å². The van der Waals surface area contributed by atoms with Gasteiger partial charge in [0.15, 0.2) is 0 Å². The van der Waals surface area contributed by atoms with Gasteiger partial charge in [0.25, 0.3) is 0 Å². The lowest BCUT2D eigenvalue weighted by molar-refractivity contribution is 0.153. The SMILES string of the molecule is [2H]C1([2H])N(C)C([2H])([2H])C([2H])([2H])N(CCCN2c3ccc(O)cc3Sc3ccc(Cl)cc32)C1([2H])[2H]. The van der Waals surface area contributed by atoms with E-state index in [2.05, 4.69) is 0 Å². The molecule has 2 aliphatic rings. The van der Waals surface area contributed by atoms with Crippen molar-refractivity contribution in [1.29, 1.82) is 0 Å². The molecule has 0 saturated carbocycles. The Bertz CT molecular complexity index is 1090. The number of piperazine rings is 1. The maximum absolute atomic E-state index is 9.93. The van der Waals surface area contributed by atoms with Crippen molar-refractivity contribution in [1.82, 2.24) is 9.80 Å². The Labute approximate surface area is 175 Å². The first-order chi connectivity index (χ1) is 15.6. The highest BCUT2D eigenvalue weighted by Gasteiger charge is 2.24. The molecule has 2 heterocycles. The first kappa shape index (κ1) is 10.8. The van der Waals surface area contributed by atoms with Crippen LogP contribution in [0.1, 0.15) is 17.4 Å². The summed E-state index contributed by atoms with van der Waals surface area (Å²) < 4.78 is 66.2. The molecule has 0 spiro atoms. The van der Waals surface area contributed by atoms with Crippen molar-refractivity contribution in [3.63, 3.8) is 0 Å². The molecule has 0 aliphatic carbocycles. The van der Waals surface area contributed by atoms with E-state index in [9.17, 15) is 5.11 Å². The molecule has 2 aromatic rings. The molecule has 0 aromatic heterocycles. The van der Waals surface area contributed by atoms with Crippen LogP contribution in [0.5, 0.6) is 5.75 Å². The third-order valence-electron chi connectivity index (χ3n) is 4.13. The van der Waals surface area contributed by atoms with Gasteiger partial charge in [-0.15, -0.1) is 0 Å². The third-order valence-corrected chi connectivity index (χ3v) is 5.48. The van der Waals surface area contributed by atoms with Gasteiger partial charge in [0, 0.05) is 58.3 Å². The van der Waals surface area contributed by atoms with Gasteiger partial charge in [-0.3, -0.25) is 0 Å². The van der Waals surface area contributed by atoms with Crippen molar-refractivity contribution < 1.29 is 16.1 Å². The quantitative estimate of drug-likeness (QED) is 0.831. The molecule has 1 fully saturated rings. The summed E-state index contributed by atoms with van der Waals surface area (Å²) in [6, 6.07) is 10.4. The molecular formula is C20H24ClN3OS. The van der Waals surface area contributed by atoms with E-state index >= 15 is 0 Å². The second kappa shape index (κ2) is 7.69. The summed E-state index contributed by atoms with van der Waals surface area (Å²) in [5.74, 6) is 0.118. The van der Waals surface area contributed by atoms with Gasteiger partial charge in [-0.05, 0) is 56.4 Å². The predicted octanol–water partition coefficient (Wildman–Crippen LogP) is 4.29. The van der Waals surface area contributed by atoms with E-state index in [1.54, 1.807) is 30.3 Å². The number of hydrogen-bond acceptors (Lipinski definition) is 5. The van der Waals surface area contributed by atoms with Gasteiger partial charge in [-0.1, -0.05) is 23.4 Å². The Morgan fingerprint density at radius 1 is 1.04 bits per heavy atom. The smallest absolute Gasteiger partial charge is 0.116 e. The molecule has 2 aromatic carbocycles. The molecule has 0 bridgehead atoms. The van der Waals surface area contributed by atoms with Crippen LogP contribution in [0, 0.1) is 0 Å². The lowest BCUT2D eigenvalue weighted by Crippen LogP contribution is -2.45. The van der Waals surface area contributed by atoms with Crippen LogP contribution in [0.4, 0.5) is 11.4 Å². The van der Waals surface area contributed by atoms with E-state index in [1.165, 1.54) is 11.8 Å². The molecule has 26 heavy (non-hydrogen) atoms. The van der Waals surface area contributed by atoms with Crippen molar-refractivity contribution in [2.75, 3.05) is 51.0 Å². The highest BCUT2D eigenvalue weighted by atomic mass is 35.5. The molecule has 2 aliphatic heterocycles. The van der Waals surface area contributed by atoms with Crippen molar-refractivity contribution >= 4 is 34.7 Å². The molecule has 1 saturated heterocycles. The van der Waals surface area contributed by atoms with Crippen LogP contribution in [0.25, 0.3) is 0 Å². The number of phenols is 1. The van der Waals surface area contributed by atoms with Crippen molar-refractivity contribution in [2.45, 2.75) is 16.2 Å². The largest absolute Gasteiger partial charge is 0.508 e. The maximum atomic E-state index is 9.93. The number of fused-ring (bicyclic) bond motifs is 2. The summed E-state index contributed by atoms with van der Waals surface area (Å²) in [6.07, 6.45) is 0.200. The van der Waals surface area contributed by atoms with Crippen molar-refractivity contribution in [3.8, 4) is 5.75 Å². The number of anilines is 2. The average Bonchev–Trinajstić information content (AvgIpc) is 2.74. The van der Waals surface area contributed by atoms with Crippen molar-refractivity contribution in [2.24, 2.45) is 0 Å². The van der Waals surface area contributed by atoms with Crippen LogP contribution < -0.4 is 4.90 Å². The molecule has 138 valence electrons. The topological polar surface area (TPSA) is 30.0 Å². The Morgan fingerprint density at radius 2 is 1.85 bits per heavy atom. The lowest BCUT2D eigenvalue weighted by Gasteiger charge is -2.35. The summed E-state index contributed by atoms with van der Waals surface area (Å²) in [7, 11) is 1.05. The molecule has 4 rings (SSSR count). The van der Waals surface area contributed by atoms with Crippen molar-refractivity contribution in [3.05, 3.63) is 41.4 Å². The Kier molecular flexibility index (Phi) is 3.20. The standard InChI is InChI=1S/C20H24ClN3OS/c1-22-9-11-23(12-10-22)7-2-8-24-17-5-4-16(25)14-20(17)26-19-6-3-15(21)13-18(19)24/h3-6,13-14,25H,2,7-12H2,1H3/i9D2,10D2,11D2,12D2. The minimum Gasteiger partial charge on any atom is -0.508 e. The number of hydrogen-bond donors (Lipinski definition) is 1. The molecule has 0 amide bonds. The second-order valence-corrected chi connectivity index (χ2v) is 7.55. The highest BCUT2D eigenvalue weighted by Crippen LogP contribution is 2.49.